The summed E-state index contributed by atoms with van der Waals surface area (Å²) in [5, 5.41) is 0. The van der Waals surface area contributed by atoms with Gasteiger partial charge in [0.05, 0.1) is 6.04 Å². The Labute approximate surface area is 148 Å². The molecule has 0 aromatic heterocycles. The summed E-state index contributed by atoms with van der Waals surface area (Å²) < 4.78 is 0. The maximum absolute atomic E-state index is 12.2. The second kappa shape index (κ2) is 9.19. The predicted octanol–water partition coefficient (Wildman–Crippen LogP) is 3.04. The van der Waals surface area contributed by atoms with Gasteiger partial charge in [-0.15, -0.1) is 0 Å². The molecule has 0 spiro atoms. The zero-order valence-electron chi connectivity index (χ0n) is 16.4. The summed E-state index contributed by atoms with van der Waals surface area (Å²) in [7, 11) is 1.81. The van der Waals surface area contributed by atoms with Crippen LogP contribution < -0.4 is 5.73 Å². The highest BCUT2D eigenvalue weighted by Gasteiger charge is 2.20. The Morgan fingerprint density at radius 2 is 1.38 bits per heavy atom. The molecule has 1 amide bonds. The second-order valence-corrected chi connectivity index (χ2v) is 7.53. The summed E-state index contributed by atoms with van der Waals surface area (Å²) in [6.07, 6.45) is 0.578. The molecule has 24 heavy (non-hydrogen) atoms. The Bertz CT molecular complexity index is 500. The van der Waals surface area contributed by atoms with Crippen molar-refractivity contribution in [3.8, 4) is 0 Å². The number of hydrogen-bond donors (Lipinski definition) is 1. The largest absolute Gasteiger partial charge is 0.342 e. The van der Waals surface area contributed by atoms with Crippen molar-refractivity contribution < 1.29 is 4.79 Å². The van der Waals surface area contributed by atoms with Crippen molar-refractivity contribution in [1.82, 2.24) is 9.80 Å². The average Bonchev–Trinajstić information content (AvgIpc) is 2.51. The van der Waals surface area contributed by atoms with Crippen LogP contribution in [0.15, 0.2) is 24.3 Å². The van der Waals surface area contributed by atoms with Gasteiger partial charge >= 0.3 is 0 Å². The van der Waals surface area contributed by atoms with Crippen LogP contribution in [0.25, 0.3) is 0 Å². The van der Waals surface area contributed by atoms with Crippen molar-refractivity contribution in [1.29, 1.82) is 0 Å². The number of likely N-dealkylation sites (N-methyl/N-ethyl adjacent to an activating group) is 1. The van der Waals surface area contributed by atoms with Gasteiger partial charge in [0.2, 0.25) is 5.91 Å². The standard InChI is InChI=1S/C20H35N3O/c1-14(2)22(7)20(24)19(21)12-17-8-10-18(11-9-17)13-23(15(3)4)16(5)6/h8-11,14-16,19H,12-13,21H2,1-7H3. The molecule has 1 atom stereocenters. The quantitative estimate of drug-likeness (QED) is 0.795. The van der Waals surface area contributed by atoms with Gasteiger partial charge in [-0.05, 0) is 59.1 Å². The van der Waals surface area contributed by atoms with E-state index in [2.05, 4.69) is 56.9 Å². The van der Waals surface area contributed by atoms with Crippen LogP contribution in [0, 0.1) is 0 Å². The van der Waals surface area contributed by atoms with Gasteiger partial charge in [-0.3, -0.25) is 9.69 Å². The Hall–Kier alpha value is -1.39. The highest BCUT2D eigenvalue weighted by atomic mass is 16.2. The molecule has 0 saturated heterocycles. The number of amides is 1. The van der Waals surface area contributed by atoms with Crippen molar-refractivity contribution in [3.63, 3.8) is 0 Å². The number of carbonyl (C=O) groups is 1. The van der Waals surface area contributed by atoms with Crippen LogP contribution in [0.5, 0.6) is 0 Å². The number of carbonyl (C=O) groups excluding carboxylic acids is 1. The van der Waals surface area contributed by atoms with Gasteiger partial charge in [-0.1, -0.05) is 24.3 Å². The Kier molecular flexibility index (Phi) is 7.91. The molecule has 0 aliphatic rings. The van der Waals surface area contributed by atoms with E-state index in [1.54, 1.807) is 4.90 Å². The van der Waals surface area contributed by atoms with Gasteiger partial charge in [0.1, 0.15) is 0 Å². The molecule has 1 aromatic rings. The van der Waals surface area contributed by atoms with E-state index >= 15 is 0 Å². The van der Waals surface area contributed by atoms with E-state index in [0.29, 0.717) is 18.5 Å². The van der Waals surface area contributed by atoms with Crippen LogP contribution in [0.3, 0.4) is 0 Å². The van der Waals surface area contributed by atoms with Crippen molar-refractivity contribution in [2.75, 3.05) is 7.05 Å². The lowest BCUT2D eigenvalue weighted by molar-refractivity contribution is -0.132. The van der Waals surface area contributed by atoms with E-state index in [1.165, 1.54) is 5.56 Å². The Morgan fingerprint density at radius 1 is 0.917 bits per heavy atom. The van der Waals surface area contributed by atoms with E-state index < -0.39 is 6.04 Å². The number of nitrogens with two attached hydrogens (primary N) is 1. The fraction of sp³-hybridized carbons (Fsp3) is 0.650. The lowest BCUT2D eigenvalue weighted by Gasteiger charge is -2.30. The second-order valence-electron chi connectivity index (χ2n) is 7.53. The zero-order valence-corrected chi connectivity index (χ0v) is 16.4. The molecular weight excluding hydrogens is 298 g/mol. The minimum absolute atomic E-state index is 0.000123. The third kappa shape index (κ3) is 5.91. The number of rotatable bonds is 8. The first-order valence-electron chi connectivity index (χ1n) is 8.99. The van der Waals surface area contributed by atoms with Gasteiger partial charge in [-0.25, -0.2) is 0 Å². The van der Waals surface area contributed by atoms with Crippen LogP contribution >= 0.6 is 0 Å². The summed E-state index contributed by atoms with van der Waals surface area (Å²) in [6, 6.07) is 9.21. The molecule has 0 aliphatic carbocycles. The molecule has 1 aromatic carbocycles. The van der Waals surface area contributed by atoms with Crippen molar-refractivity contribution in [3.05, 3.63) is 35.4 Å². The normalized spacial score (nSPS) is 13.2. The molecule has 0 aliphatic heterocycles. The maximum atomic E-state index is 12.2. The van der Waals surface area contributed by atoms with Crippen LogP contribution in [0.1, 0.15) is 52.7 Å². The highest BCUT2D eigenvalue weighted by molar-refractivity contribution is 5.82. The molecule has 4 nitrogen and oxygen atoms in total. The first-order valence-corrected chi connectivity index (χ1v) is 8.99. The maximum Gasteiger partial charge on any atom is 0.239 e. The third-order valence-electron chi connectivity index (χ3n) is 4.61. The topological polar surface area (TPSA) is 49.6 Å². The van der Waals surface area contributed by atoms with Gasteiger partial charge in [0.25, 0.3) is 0 Å². The first-order chi connectivity index (χ1) is 11.1. The Balaban J connectivity index is 2.69. The minimum atomic E-state index is -0.480. The summed E-state index contributed by atoms with van der Waals surface area (Å²) in [5.41, 5.74) is 8.49. The molecule has 136 valence electrons. The molecule has 4 heteroatoms. The molecule has 1 unspecified atom stereocenters. The molecule has 0 bridgehead atoms. The van der Waals surface area contributed by atoms with Crippen LogP contribution in [0.4, 0.5) is 0 Å². The van der Waals surface area contributed by atoms with Gasteiger partial charge < -0.3 is 10.6 Å². The van der Waals surface area contributed by atoms with E-state index in [9.17, 15) is 4.79 Å². The highest BCUT2D eigenvalue weighted by Crippen LogP contribution is 2.14. The fourth-order valence-corrected chi connectivity index (χ4v) is 2.81. The van der Waals surface area contributed by atoms with E-state index in [1.807, 2.05) is 20.9 Å². The van der Waals surface area contributed by atoms with E-state index in [4.69, 9.17) is 5.73 Å². The molecular formula is C20H35N3O. The molecule has 0 heterocycles. The molecule has 0 radical (unpaired) electrons. The summed E-state index contributed by atoms with van der Waals surface area (Å²) in [6.45, 7) is 13.8. The number of nitrogens with zero attached hydrogens (tertiary/aromatic N) is 2. The van der Waals surface area contributed by atoms with Gasteiger partial charge in [-0.2, -0.15) is 0 Å². The summed E-state index contributed by atoms with van der Waals surface area (Å²) in [4.78, 5) is 16.4. The monoisotopic (exact) mass is 333 g/mol. The minimum Gasteiger partial charge on any atom is -0.342 e. The van der Waals surface area contributed by atoms with E-state index in [-0.39, 0.29) is 11.9 Å². The number of hydrogen-bond acceptors (Lipinski definition) is 3. The van der Waals surface area contributed by atoms with Gasteiger partial charge in [0.15, 0.2) is 0 Å². The summed E-state index contributed by atoms with van der Waals surface area (Å²) in [5.74, 6) is -0.000123. The third-order valence-corrected chi connectivity index (χ3v) is 4.61. The van der Waals surface area contributed by atoms with Crippen LogP contribution in [0.2, 0.25) is 0 Å². The predicted molar refractivity (Wildman–Crippen MR) is 102 cm³/mol. The van der Waals surface area contributed by atoms with Crippen molar-refractivity contribution in [2.45, 2.75) is 78.7 Å². The lowest BCUT2D eigenvalue weighted by atomic mass is 10.0. The molecule has 0 saturated carbocycles. The SMILES string of the molecule is CC(C)N(C)C(=O)C(N)Cc1ccc(CN(C(C)C)C(C)C)cc1. The summed E-state index contributed by atoms with van der Waals surface area (Å²) >= 11 is 0. The van der Waals surface area contributed by atoms with E-state index in [0.717, 1.165) is 12.1 Å². The van der Waals surface area contributed by atoms with Crippen LogP contribution in [-0.4, -0.2) is 46.9 Å². The smallest absolute Gasteiger partial charge is 0.239 e. The van der Waals surface area contributed by atoms with Crippen LogP contribution in [-0.2, 0) is 17.8 Å². The Morgan fingerprint density at radius 3 is 1.79 bits per heavy atom. The van der Waals surface area contributed by atoms with Crippen molar-refractivity contribution >= 4 is 5.91 Å². The first kappa shape index (κ1) is 20.7. The average molecular weight is 334 g/mol. The molecule has 0 fully saturated rings. The molecule has 2 N–H and O–H groups in total. The molecule has 1 rings (SSSR count). The van der Waals surface area contributed by atoms with Gasteiger partial charge in [0, 0.05) is 31.7 Å². The van der Waals surface area contributed by atoms with Crippen molar-refractivity contribution in [2.24, 2.45) is 5.73 Å². The lowest BCUT2D eigenvalue weighted by Crippen LogP contribution is -2.45. The number of benzene rings is 1. The zero-order chi connectivity index (χ0) is 18.4. The fourth-order valence-electron chi connectivity index (χ4n) is 2.81.